The van der Waals surface area contributed by atoms with Crippen molar-refractivity contribution >= 4 is 11.6 Å². The normalized spacial score (nSPS) is 29.9. The number of para-hydroxylation sites is 1. The van der Waals surface area contributed by atoms with Crippen molar-refractivity contribution in [1.29, 1.82) is 0 Å². The van der Waals surface area contributed by atoms with E-state index in [0.29, 0.717) is 0 Å². The highest BCUT2D eigenvalue weighted by Gasteiger charge is 2.34. The van der Waals surface area contributed by atoms with Gasteiger partial charge in [0, 0.05) is 18.3 Å². The number of benzene rings is 1. The molecule has 0 aromatic heterocycles. The van der Waals surface area contributed by atoms with Crippen molar-refractivity contribution in [2.75, 3.05) is 11.4 Å². The average molecular weight is 274 g/mol. The molecule has 1 aromatic carbocycles. The lowest BCUT2D eigenvalue weighted by molar-refractivity contribution is -0.129. The maximum atomic E-state index is 12.7. The van der Waals surface area contributed by atoms with Gasteiger partial charge >= 0.3 is 0 Å². The molecular weight excluding hydrogens is 252 g/mol. The number of carbonyl (C=O) groups is 1. The summed E-state index contributed by atoms with van der Waals surface area (Å²) in [6.07, 6.45) is 3.55. The summed E-state index contributed by atoms with van der Waals surface area (Å²) in [5, 5.41) is 0. The molecule has 3 rings (SSSR count). The van der Waals surface area contributed by atoms with Gasteiger partial charge in [-0.25, -0.2) is 0 Å². The van der Waals surface area contributed by atoms with Crippen molar-refractivity contribution in [2.24, 2.45) is 5.73 Å². The Morgan fingerprint density at radius 1 is 1.30 bits per heavy atom. The van der Waals surface area contributed by atoms with Crippen molar-refractivity contribution in [1.82, 2.24) is 0 Å². The fraction of sp³-hybridized carbons (Fsp3) is 0.562. The molecule has 0 bridgehead atoms. The summed E-state index contributed by atoms with van der Waals surface area (Å²) in [4.78, 5) is 14.6. The highest BCUT2D eigenvalue weighted by atomic mass is 16.5. The molecule has 0 spiro atoms. The van der Waals surface area contributed by atoms with Crippen LogP contribution in [0.5, 0.6) is 0 Å². The van der Waals surface area contributed by atoms with Crippen LogP contribution in [0.1, 0.15) is 44.2 Å². The van der Waals surface area contributed by atoms with Crippen molar-refractivity contribution < 1.29 is 9.53 Å². The van der Waals surface area contributed by atoms with E-state index < -0.39 is 0 Å². The molecule has 20 heavy (non-hydrogen) atoms. The van der Waals surface area contributed by atoms with Gasteiger partial charge in [-0.05, 0) is 44.2 Å². The maximum Gasteiger partial charge on any atom is 0.256 e. The summed E-state index contributed by atoms with van der Waals surface area (Å²) in [6, 6.07) is 8.00. The number of rotatable bonds is 1. The Kier molecular flexibility index (Phi) is 3.76. The topological polar surface area (TPSA) is 55.6 Å². The Labute approximate surface area is 119 Å². The lowest BCUT2D eigenvalue weighted by Crippen LogP contribution is -2.40. The minimum atomic E-state index is -0.285. The number of hydrogen-bond acceptors (Lipinski definition) is 3. The van der Waals surface area contributed by atoms with Crippen LogP contribution in [0.4, 0.5) is 5.69 Å². The molecule has 1 fully saturated rings. The van der Waals surface area contributed by atoms with Gasteiger partial charge in [-0.1, -0.05) is 18.2 Å². The second kappa shape index (κ2) is 5.54. The van der Waals surface area contributed by atoms with E-state index in [1.165, 1.54) is 0 Å². The number of amides is 1. The van der Waals surface area contributed by atoms with Crippen molar-refractivity contribution in [3.8, 4) is 0 Å². The van der Waals surface area contributed by atoms with E-state index in [-0.39, 0.29) is 24.2 Å². The van der Waals surface area contributed by atoms with E-state index in [9.17, 15) is 4.79 Å². The SMILES string of the molecule is CC1CCC(C(=O)N2CCCC(N)c3ccccc32)O1. The van der Waals surface area contributed by atoms with Gasteiger partial charge in [0.05, 0.1) is 6.10 Å². The van der Waals surface area contributed by atoms with Crippen molar-refractivity contribution in [3.05, 3.63) is 29.8 Å². The van der Waals surface area contributed by atoms with Gasteiger partial charge in [-0.3, -0.25) is 4.79 Å². The molecule has 2 heterocycles. The quantitative estimate of drug-likeness (QED) is 0.855. The summed E-state index contributed by atoms with van der Waals surface area (Å²) in [7, 11) is 0. The molecule has 0 saturated carbocycles. The molecule has 3 atom stereocenters. The van der Waals surface area contributed by atoms with Crippen LogP contribution in [0.2, 0.25) is 0 Å². The Morgan fingerprint density at radius 3 is 2.85 bits per heavy atom. The van der Waals surface area contributed by atoms with E-state index in [2.05, 4.69) is 0 Å². The zero-order chi connectivity index (χ0) is 14.1. The first kappa shape index (κ1) is 13.6. The number of ether oxygens (including phenoxy) is 1. The number of anilines is 1. The predicted octanol–water partition coefficient (Wildman–Crippen LogP) is 2.38. The van der Waals surface area contributed by atoms with Crippen molar-refractivity contribution in [3.63, 3.8) is 0 Å². The molecule has 1 aromatic rings. The highest BCUT2D eigenvalue weighted by molar-refractivity contribution is 5.97. The van der Waals surface area contributed by atoms with Crippen LogP contribution in [0, 0.1) is 0 Å². The van der Waals surface area contributed by atoms with E-state index in [4.69, 9.17) is 10.5 Å². The Bertz CT molecular complexity index is 503. The van der Waals surface area contributed by atoms with Gasteiger partial charge in [0.2, 0.25) is 0 Å². The lowest BCUT2D eigenvalue weighted by atomic mass is 10.0. The number of carbonyl (C=O) groups excluding carboxylic acids is 1. The molecule has 1 saturated heterocycles. The minimum Gasteiger partial charge on any atom is -0.365 e. The van der Waals surface area contributed by atoms with Gasteiger partial charge in [-0.2, -0.15) is 0 Å². The fourth-order valence-corrected chi connectivity index (χ4v) is 3.18. The molecule has 3 unspecified atom stereocenters. The summed E-state index contributed by atoms with van der Waals surface area (Å²) < 4.78 is 5.74. The minimum absolute atomic E-state index is 0.0208. The summed E-state index contributed by atoms with van der Waals surface area (Å²) in [5.41, 5.74) is 8.25. The monoisotopic (exact) mass is 274 g/mol. The smallest absolute Gasteiger partial charge is 0.256 e. The molecule has 2 aliphatic heterocycles. The van der Waals surface area contributed by atoms with Crippen molar-refractivity contribution in [2.45, 2.75) is 50.9 Å². The highest BCUT2D eigenvalue weighted by Crippen LogP contribution is 2.33. The molecule has 1 amide bonds. The van der Waals surface area contributed by atoms with Crippen LogP contribution < -0.4 is 10.6 Å². The van der Waals surface area contributed by atoms with E-state index >= 15 is 0 Å². The first-order valence-corrected chi connectivity index (χ1v) is 7.48. The van der Waals surface area contributed by atoms with E-state index in [0.717, 1.165) is 43.5 Å². The first-order chi connectivity index (χ1) is 9.66. The molecule has 2 N–H and O–H groups in total. The Morgan fingerprint density at radius 2 is 2.10 bits per heavy atom. The zero-order valence-electron chi connectivity index (χ0n) is 11.9. The second-order valence-corrected chi connectivity index (χ2v) is 5.81. The summed E-state index contributed by atoms with van der Waals surface area (Å²) in [6.45, 7) is 2.76. The fourth-order valence-electron chi connectivity index (χ4n) is 3.18. The first-order valence-electron chi connectivity index (χ1n) is 7.48. The summed E-state index contributed by atoms with van der Waals surface area (Å²) >= 11 is 0. The van der Waals surface area contributed by atoms with Crippen LogP contribution in [-0.2, 0) is 9.53 Å². The van der Waals surface area contributed by atoms with Gasteiger partial charge in [-0.15, -0.1) is 0 Å². The molecule has 108 valence electrons. The zero-order valence-corrected chi connectivity index (χ0v) is 11.9. The van der Waals surface area contributed by atoms with Crippen LogP contribution in [0.15, 0.2) is 24.3 Å². The van der Waals surface area contributed by atoms with E-state index in [1.807, 2.05) is 36.1 Å². The van der Waals surface area contributed by atoms with Crippen LogP contribution >= 0.6 is 0 Å². The van der Waals surface area contributed by atoms with Gasteiger partial charge in [0.25, 0.3) is 5.91 Å². The van der Waals surface area contributed by atoms with Gasteiger partial charge in [0.1, 0.15) is 6.10 Å². The molecule has 4 heteroatoms. The molecule has 0 aliphatic carbocycles. The average Bonchev–Trinajstić information content (AvgIpc) is 2.82. The Hall–Kier alpha value is -1.39. The maximum absolute atomic E-state index is 12.7. The van der Waals surface area contributed by atoms with Gasteiger partial charge < -0.3 is 15.4 Å². The third-order valence-corrected chi connectivity index (χ3v) is 4.30. The second-order valence-electron chi connectivity index (χ2n) is 5.81. The summed E-state index contributed by atoms with van der Waals surface area (Å²) in [5.74, 6) is 0.0934. The number of nitrogens with two attached hydrogens (primary N) is 1. The number of hydrogen-bond donors (Lipinski definition) is 1. The number of fused-ring (bicyclic) bond motifs is 1. The predicted molar refractivity (Wildman–Crippen MR) is 78.5 cm³/mol. The lowest BCUT2D eigenvalue weighted by Gasteiger charge is -2.26. The Balaban J connectivity index is 1.89. The third kappa shape index (κ3) is 2.45. The number of nitrogens with zero attached hydrogens (tertiary/aromatic N) is 1. The van der Waals surface area contributed by atoms with Gasteiger partial charge in [0.15, 0.2) is 0 Å². The molecule has 0 radical (unpaired) electrons. The molecule has 4 nitrogen and oxygen atoms in total. The molecular formula is C16H22N2O2. The van der Waals surface area contributed by atoms with E-state index in [1.54, 1.807) is 0 Å². The third-order valence-electron chi connectivity index (χ3n) is 4.30. The van der Waals surface area contributed by atoms with Crippen LogP contribution in [-0.4, -0.2) is 24.7 Å². The largest absolute Gasteiger partial charge is 0.365 e. The molecule has 2 aliphatic rings. The van der Waals surface area contributed by atoms with Crippen LogP contribution in [0.25, 0.3) is 0 Å². The van der Waals surface area contributed by atoms with Crippen LogP contribution in [0.3, 0.4) is 0 Å². The standard InChI is InChI=1S/C16H22N2O2/c1-11-8-9-15(20-11)16(19)18-10-4-6-13(17)12-5-2-3-7-14(12)18/h2-3,5,7,11,13,15H,4,6,8-10,17H2,1H3.